The smallest absolute Gasteiger partial charge is 0.142 e. The summed E-state index contributed by atoms with van der Waals surface area (Å²) >= 11 is 6.04. The van der Waals surface area contributed by atoms with Gasteiger partial charge in [-0.15, -0.1) is 0 Å². The van der Waals surface area contributed by atoms with Gasteiger partial charge < -0.3 is 5.32 Å². The van der Waals surface area contributed by atoms with Crippen LogP contribution in [-0.4, -0.2) is 12.6 Å². The van der Waals surface area contributed by atoms with E-state index in [1.165, 1.54) is 31.7 Å². The molecule has 1 aliphatic carbocycles. The van der Waals surface area contributed by atoms with Gasteiger partial charge >= 0.3 is 0 Å². The maximum atomic E-state index is 13.4. The molecule has 1 fully saturated rings. The molecule has 2 atom stereocenters. The molecular weight excluding hydrogens is 249 g/mol. The molecule has 1 N–H and O–H groups in total. The Balaban J connectivity index is 2.08. The van der Waals surface area contributed by atoms with Crippen molar-refractivity contribution in [3.8, 4) is 0 Å². The van der Waals surface area contributed by atoms with Crippen molar-refractivity contribution in [3.05, 3.63) is 34.6 Å². The number of rotatable bonds is 4. The molecule has 1 aliphatic rings. The van der Waals surface area contributed by atoms with Crippen LogP contribution in [-0.2, 0) is 6.42 Å². The average Bonchev–Trinajstić information content (AvgIpc) is 2.37. The number of hydrogen-bond donors (Lipinski definition) is 1. The van der Waals surface area contributed by atoms with Gasteiger partial charge in [0.15, 0.2) is 0 Å². The topological polar surface area (TPSA) is 12.0 Å². The molecule has 2 rings (SSSR count). The molecule has 3 heteroatoms. The summed E-state index contributed by atoms with van der Waals surface area (Å²) in [5.41, 5.74) is 0.950. The fourth-order valence-electron chi connectivity index (χ4n) is 2.97. The Hall–Kier alpha value is -0.600. The van der Waals surface area contributed by atoms with Gasteiger partial charge in [-0.05, 0) is 43.4 Å². The number of nitrogens with one attached hydrogen (secondary N) is 1. The van der Waals surface area contributed by atoms with Gasteiger partial charge in [0.25, 0.3) is 0 Å². The van der Waals surface area contributed by atoms with E-state index >= 15 is 0 Å². The lowest BCUT2D eigenvalue weighted by Gasteiger charge is -2.32. The van der Waals surface area contributed by atoms with E-state index in [1.54, 1.807) is 6.07 Å². The van der Waals surface area contributed by atoms with Gasteiger partial charge in [0.2, 0.25) is 0 Å². The van der Waals surface area contributed by atoms with E-state index in [-0.39, 0.29) is 5.82 Å². The molecule has 0 radical (unpaired) electrons. The van der Waals surface area contributed by atoms with Crippen molar-refractivity contribution in [2.24, 2.45) is 5.92 Å². The van der Waals surface area contributed by atoms with E-state index < -0.39 is 0 Å². The lowest BCUT2D eigenvalue weighted by molar-refractivity contribution is 0.264. The van der Waals surface area contributed by atoms with Crippen LogP contribution in [0.25, 0.3) is 0 Å². The number of benzene rings is 1. The van der Waals surface area contributed by atoms with E-state index in [1.807, 2.05) is 6.07 Å². The minimum atomic E-state index is -0.301. The molecule has 0 aromatic heterocycles. The zero-order valence-electron chi connectivity index (χ0n) is 10.9. The van der Waals surface area contributed by atoms with Crippen LogP contribution in [0.1, 0.15) is 38.2 Å². The molecule has 1 saturated carbocycles. The Morgan fingerprint density at radius 3 is 2.89 bits per heavy atom. The second kappa shape index (κ2) is 6.53. The van der Waals surface area contributed by atoms with Gasteiger partial charge in [-0.25, -0.2) is 4.39 Å². The van der Waals surface area contributed by atoms with Gasteiger partial charge in [0.05, 0.1) is 5.02 Å². The highest BCUT2D eigenvalue weighted by molar-refractivity contribution is 6.31. The fraction of sp³-hybridized carbons (Fsp3) is 0.600. The highest BCUT2D eigenvalue weighted by atomic mass is 35.5. The molecule has 0 heterocycles. The number of hydrogen-bond acceptors (Lipinski definition) is 1. The molecule has 2 unspecified atom stereocenters. The predicted octanol–water partition coefficient (Wildman–Crippen LogP) is 4.19. The molecular formula is C15H21ClFN. The van der Waals surface area contributed by atoms with E-state index in [4.69, 9.17) is 11.6 Å². The Kier molecular flexibility index (Phi) is 5.02. The van der Waals surface area contributed by atoms with Crippen LogP contribution in [0, 0.1) is 11.7 Å². The van der Waals surface area contributed by atoms with Crippen molar-refractivity contribution < 1.29 is 4.39 Å². The Bertz CT molecular complexity index is 392. The first kappa shape index (κ1) is 13.8. The molecule has 0 bridgehead atoms. The van der Waals surface area contributed by atoms with Crippen molar-refractivity contribution in [1.82, 2.24) is 5.32 Å². The molecule has 0 aliphatic heterocycles. The van der Waals surface area contributed by atoms with Crippen LogP contribution in [0.2, 0.25) is 5.02 Å². The summed E-state index contributed by atoms with van der Waals surface area (Å²) in [5.74, 6) is 0.281. The molecule has 1 nitrogen and oxygen atoms in total. The summed E-state index contributed by atoms with van der Waals surface area (Å²) in [6.07, 6.45) is 5.90. The van der Waals surface area contributed by atoms with Gasteiger partial charge in [0.1, 0.15) is 5.82 Å². The summed E-state index contributed by atoms with van der Waals surface area (Å²) < 4.78 is 13.4. The van der Waals surface area contributed by atoms with E-state index in [0.29, 0.717) is 17.0 Å². The molecule has 1 aromatic rings. The largest absolute Gasteiger partial charge is 0.314 e. The lowest BCUT2D eigenvalue weighted by Crippen LogP contribution is -2.39. The van der Waals surface area contributed by atoms with Crippen LogP contribution < -0.4 is 5.32 Å². The zero-order chi connectivity index (χ0) is 13.0. The standard InChI is InChI=1S/C15H21ClFN/c1-2-18-14-9-4-3-6-11(14)10-12-7-5-8-13(17)15(12)16/h5,7-8,11,14,18H,2-4,6,9-10H2,1H3. The lowest BCUT2D eigenvalue weighted by atomic mass is 9.80. The van der Waals surface area contributed by atoms with E-state index in [2.05, 4.69) is 12.2 Å². The summed E-state index contributed by atoms with van der Waals surface area (Å²) in [4.78, 5) is 0. The molecule has 0 spiro atoms. The summed E-state index contributed by atoms with van der Waals surface area (Å²) in [6, 6.07) is 5.68. The quantitative estimate of drug-likeness (QED) is 0.864. The second-order valence-electron chi connectivity index (χ2n) is 5.13. The molecule has 1 aromatic carbocycles. The maximum Gasteiger partial charge on any atom is 0.142 e. The SMILES string of the molecule is CCNC1CCCCC1Cc1cccc(F)c1Cl. The van der Waals surface area contributed by atoms with Crippen molar-refractivity contribution in [2.45, 2.75) is 45.1 Å². The third kappa shape index (κ3) is 3.24. The van der Waals surface area contributed by atoms with Crippen molar-refractivity contribution in [1.29, 1.82) is 0 Å². The van der Waals surface area contributed by atoms with E-state index in [9.17, 15) is 4.39 Å². The zero-order valence-corrected chi connectivity index (χ0v) is 11.6. The van der Waals surface area contributed by atoms with E-state index in [0.717, 1.165) is 18.5 Å². The third-order valence-electron chi connectivity index (χ3n) is 3.89. The minimum Gasteiger partial charge on any atom is -0.314 e. The van der Waals surface area contributed by atoms with Gasteiger partial charge in [-0.1, -0.05) is 43.5 Å². The average molecular weight is 270 g/mol. The Labute approximate surface area is 114 Å². The monoisotopic (exact) mass is 269 g/mol. The minimum absolute atomic E-state index is 0.301. The summed E-state index contributed by atoms with van der Waals surface area (Å²) in [6.45, 7) is 3.14. The predicted molar refractivity (Wildman–Crippen MR) is 74.5 cm³/mol. The summed E-state index contributed by atoms with van der Waals surface area (Å²) in [5, 5.41) is 3.86. The van der Waals surface area contributed by atoms with Gasteiger partial charge in [0, 0.05) is 6.04 Å². The van der Waals surface area contributed by atoms with Crippen molar-refractivity contribution >= 4 is 11.6 Å². The highest BCUT2D eigenvalue weighted by Crippen LogP contribution is 2.30. The first-order chi connectivity index (χ1) is 8.72. The van der Waals surface area contributed by atoms with Crippen molar-refractivity contribution in [2.75, 3.05) is 6.54 Å². The Morgan fingerprint density at radius 2 is 2.11 bits per heavy atom. The summed E-state index contributed by atoms with van der Waals surface area (Å²) in [7, 11) is 0. The van der Waals surface area contributed by atoms with Crippen molar-refractivity contribution in [3.63, 3.8) is 0 Å². The van der Waals surface area contributed by atoms with Crippen LogP contribution in [0.4, 0.5) is 4.39 Å². The van der Waals surface area contributed by atoms with Crippen LogP contribution in [0.5, 0.6) is 0 Å². The third-order valence-corrected chi connectivity index (χ3v) is 4.31. The van der Waals surface area contributed by atoms with Crippen LogP contribution in [0.15, 0.2) is 18.2 Å². The number of halogens is 2. The highest BCUT2D eigenvalue weighted by Gasteiger charge is 2.25. The first-order valence-electron chi connectivity index (χ1n) is 6.88. The van der Waals surface area contributed by atoms with Crippen LogP contribution >= 0.6 is 11.6 Å². The second-order valence-corrected chi connectivity index (χ2v) is 5.50. The Morgan fingerprint density at radius 1 is 1.33 bits per heavy atom. The normalized spacial score (nSPS) is 24.2. The molecule has 0 saturated heterocycles. The van der Waals surface area contributed by atoms with Crippen LogP contribution in [0.3, 0.4) is 0 Å². The first-order valence-corrected chi connectivity index (χ1v) is 7.26. The maximum absolute atomic E-state index is 13.4. The molecule has 100 valence electrons. The van der Waals surface area contributed by atoms with Gasteiger partial charge in [-0.2, -0.15) is 0 Å². The van der Waals surface area contributed by atoms with Gasteiger partial charge in [-0.3, -0.25) is 0 Å². The molecule has 0 amide bonds. The fourth-order valence-corrected chi connectivity index (χ4v) is 3.17. The molecule has 18 heavy (non-hydrogen) atoms.